The second kappa shape index (κ2) is 5.40. The van der Waals surface area contributed by atoms with Gasteiger partial charge in [0.15, 0.2) is 14.1 Å². The molecule has 3 rings (SSSR count). The molecule has 0 aromatic carbocycles. The smallest absolute Gasteiger partial charge is 0.194 e. The molecule has 0 amide bonds. The molecule has 0 heterocycles. The molecule has 5 heteroatoms. The minimum Gasteiger partial charge on any atom is -0.416 e. The molecular weight excluding hydrogens is 342 g/mol. The SMILES string of the molecule is CC1=C2C(=C[C@@](C)(CO[Si](C)(C)C(C)(C)C)[C@H]2N)C(=O)C(C)(O)C12CC2. The second-order valence-corrected chi connectivity index (χ2v) is 15.4. The van der Waals surface area contributed by atoms with Gasteiger partial charge in [0.05, 0.1) is 0 Å². The summed E-state index contributed by atoms with van der Waals surface area (Å²) in [5, 5.41) is 11.1. The number of Topliss-reactive ketones (excluding diaryl/α,β-unsaturated/α-hetero) is 1. The first-order chi connectivity index (χ1) is 11.6. The van der Waals surface area contributed by atoms with Crippen LogP contribution >= 0.6 is 0 Å². The van der Waals surface area contributed by atoms with E-state index in [0.717, 1.165) is 24.0 Å². The lowest BCUT2D eigenvalue weighted by Gasteiger charge is -2.41. The third-order valence-corrected chi connectivity index (χ3v) is 12.3. The Morgan fingerprint density at radius 1 is 1.31 bits per heavy atom. The van der Waals surface area contributed by atoms with E-state index in [-0.39, 0.29) is 16.9 Å². The van der Waals surface area contributed by atoms with Crippen LogP contribution in [-0.4, -0.2) is 37.5 Å². The molecule has 4 nitrogen and oxygen atoms in total. The molecule has 0 aromatic heterocycles. The fourth-order valence-electron chi connectivity index (χ4n) is 4.39. The molecule has 1 saturated carbocycles. The summed E-state index contributed by atoms with van der Waals surface area (Å²) >= 11 is 0. The van der Waals surface area contributed by atoms with Crippen molar-refractivity contribution in [3.8, 4) is 0 Å². The van der Waals surface area contributed by atoms with Crippen molar-refractivity contribution >= 4 is 14.1 Å². The number of ketones is 1. The Hall–Kier alpha value is -0.753. The first-order valence-corrected chi connectivity index (χ1v) is 12.6. The number of hydrogen-bond acceptors (Lipinski definition) is 4. The third-order valence-electron chi connectivity index (χ3n) is 7.83. The van der Waals surface area contributed by atoms with Gasteiger partial charge < -0.3 is 15.3 Å². The number of nitrogens with two attached hydrogens (primary N) is 1. The van der Waals surface area contributed by atoms with Gasteiger partial charge in [-0.1, -0.05) is 39.3 Å². The van der Waals surface area contributed by atoms with Crippen molar-refractivity contribution in [2.75, 3.05) is 6.61 Å². The number of fused-ring (bicyclic) bond motifs is 1. The van der Waals surface area contributed by atoms with Crippen LogP contribution in [0.4, 0.5) is 0 Å². The standard InChI is InChI=1S/C21H35NO3Si/c1-13-15-14(17(23)20(6,24)21(13)9-10-21)11-19(5,16(15)22)12-25-26(7,8)18(2,3)4/h11,16,24H,9-10,12,22H2,1-8H3/t16-,19-,20?/m0/s1. The lowest BCUT2D eigenvalue weighted by Crippen LogP contribution is -2.51. The van der Waals surface area contributed by atoms with Gasteiger partial charge in [-0.2, -0.15) is 0 Å². The summed E-state index contributed by atoms with van der Waals surface area (Å²) in [6.45, 7) is 17.4. The first kappa shape index (κ1) is 20.0. The van der Waals surface area contributed by atoms with Gasteiger partial charge in [-0.15, -0.1) is 0 Å². The van der Waals surface area contributed by atoms with Crippen LogP contribution in [-0.2, 0) is 9.22 Å². The average Bonchev–Trinajstić information content (AvgIpc) is 3.26. The summed E-state index contributed by atoms with van der Waals surface area (Å²) in [7, 11) is -1.91. The summed E-state index contributed by atoms with van der Waals surface area (Å²) in [5.41, 5.74) is 7.23. The Morgan fingerprint density at radius 2 is 1.85 bits per heavy atom. The third kappa shape index (κ3) is 2.47. The van der Waals surface area contributed by atoms with E-state index in [2.05, 4.69) is 47.7 Å². The van der Waals surface area contributed by atoms with Gasteiger partial charge in [0.2, 0.25) is 0 Å². The Kier molecular flexibility index (Phi) is 4.15. The highest BCUT2D eigenvalue weighted by molar-refractivity contribution is 6.74. The van der Waals surface area contributed by atoms with Crippen LogP contribution in [0.25, 0.3) is 0 Å². The predicted molar refractivity (Wildman–Crippen MR) is 107 cm³/mol. The van der Waals surface area contributed by atoms with Crippen LogP contribution in [0.2, 0.25) is 18.1 Å². The van der Waals surface area contributed by atoms with E-state index in [9.17, 15) is 9.90 Å². The van der Waals surface area contributed by atoms with Crippen molar-refractivity contribution in [3.63, 3.8) is 0 Å². The molecule has 1 unspecified atom stereocenters. The Bertz CT molecular complexity index is 722. The zero-order chi connectivity index (χ0) is 19.9. The van der Waals surface area contributed by atoms with E-state index < -0.39 is 24.7 Å². The lowest BCUT2D eigenvalue weighted by molar-refractivity contribution is -0.137. The summed E-state index contributed by atoms with van der Waals surface area (Å²) in [4.78, 5) is 13.1. The molecule has 3 aliphatic rings. The van der Waals surface area contributed by atoms with E-state index >= 15 is 0 Å². The quantitative estimate of drug-likeness (QED) is 0.735. The predicted octanol–water partition coefficient (Wildman–Crippen LogP) is 3.71. The van der Waals surface area contributed by atoms with Gasteiger partial charge in [0.1, 0.15) is 5.60 Å². The maximum atomic E-state index is 13.1. The maximum Gasteiger partial charge on any atom is 0.194 e. The van der Waals surface area contributed by atoms with Crippen LogP contribution in [0.5, 0.6) is 0 Å². The number of rotatable bonds is 3. The Labute approximate surface area is 159 Å². The second-order valence-electron chi connectivity index (χ2n) is 10.6. The highest BCUT2D eigenvalue weighted by Gasteiger charge is 2.66. The maximum absolute atomic E-state index is 13.1. The molecule has 0 aliphatic heterocycles. The molecule has 0 saturated heterocycles. The van der Waals surface area contributed by atoms with Crippen LogP contribution in [0.1, 0.15) is 54.4 Å². The molecule has 3 atom stereocenters. The van der Waals surface area contributed by atoms with Crippen LogP contribution < -0.4 is 5.73 Å². The van der Waals surface area contributed by atoms with Gasteiger partial charge in [-0.05, 0) is 50.4 Å². The molecule has 0 aromatic rings. The van der Waals surface area contributed by atoms with Crippen molar-refractivity contribution in [2.24, 2.45) is 16.6 Å². The molecular formula is C21H35NO3Si. The molecule has 1 fully saturated rings. The van der Waals surface area contributed by atoms with Crippen LogP contribution in [0.3, 0.4) is 0 Å². The molecule has 0 radical (unpaired) electrons. The van der Waals surface area contributed by atoms with E-state index in [4.69, 9.17) is 10.2 Å². The van der Waals surface area contributed by atoms with Crippen molar-refractivity contribution in [3.05, 3.63) is 22.8 Å². The van der Waals surface area contributed by atoms with E-state index in [1.165, 1.54) is 0 Å². The number of carbonyl (C=O) groups is 1. The number of aliphatic hydroxyl groups is 1. The van der Waals surface area contributed by atoms with E-state index in [1.54, 1.807) is 6.92 Å². The summed E-state index contributed by atoms with van der Waals surface area (Å²) in [6, 6.07) is -0.264. The first-order valence-electron chi connectivity index (χ1n) is 9.72. The molecule has 1 spiro atoms. The highest BCUT2D eigenvalue weighted by atomic mass is 28.4. The van der Waals surface area contributed by atoms with Crippen LogP contribution in [0, 0.1) is 10.8 Å². The Balaban J connectivity index is 1.97. The average molecular weight is 378 g/mol. The van der Waals surface area contributed by atoms with E-state index in [0.29, 0.717) is 12.2 Å². The summed E-state index contributed by atoms with van der Waals surface area (Å²) < 4.78 is 6.47. The fraction of sp³-hybridized carbons (Fsp3) is 0.762. The minimum absolute atomic E-state index is 0.124. The minimum atomic E-state index is -1.91. The molecule has 3 N–H and O–H groups in total. The largest absolute Gasteiger partial charge is 0.416 e. The number of hydrogen-bond donors (Lipinski definition) is 2. The topological polar surface area (TPSA) is 72.5 Å². The summed E-state index contributed by atoms with van der Waals surface area (Å²) in [6.07, 6.45) is 3.70. The molecule has 3 aliphatic carbocycles. The zero-order valence-corrected chi connectivity index (χ0v) is 18.6. The van der Waals surface area contributed by atoms with Gasteiger partial charge in [0, 0.05) is 29.1 Å². The highest BCUT2D eigenvalue weighted by Crippen LogP contribution is 2.65. The number of carbonyl (C=O) groups excluding carboxylic acids is 1. The Morgan fingerprint density at radius 3 is 2.31 bits per heavy atom. The van der Waals surface area contributed by atoms with Gasteiger partial charge in [-0.25, -0.2) is 0 Å². The van der Waals surface area contributed by atoms with Crippen molar-refractivity contribution in [1.82, 2.24) is 0 Å². The van der Waals surface area contributed by atoms with Gasteiger partial charge >= 0.3 is 0 Å². The monoisotopic (exact) mass is 377 g/mol. The van der Waals surface area contributed by atoms with Gasteiger partial charge in [-0.3, -0.25) is 4.79 Å². The summed E-state index contributed by atoms with van der Waals surface area (Å²) in [5.74, 6) is -0.165. The molecule has 0 bridgehead atoms. The van der Waals surface area contributed by atoms with Crippen molar-refractivity contribution < 1.29 is 14.3 Å². The van der Waals surface area contributed by atoms with E-state index in [1.807, 2.05) is 6.08 Å². The fourth-order valence-corrected chi connectivity index (χ4v) is 5.50. The van der Waals surface area contributed by atoms with Crippen molar-refractivity contribution in [1.29, 1.82) is 0 Å². The molecule has 146 valence electrons. The lowest BCUT2D eigenvalue weighted by atomic mass is 9.67. The van der Waals surface area contributed by atoms with Gasteiger partial charge in [0.25, 0.3) is 0 Å². The molecule has 26 heavy (non-hydrogen) atoms. The normalized spacial score (nSPS) is 36.5. The van der Waals surface area contributed by atoms with Crippen LogP contribution in [0.15, 0.2) is 22.8 Å². The van der Waals surface area contributed by atoms with Crippen molar-refractivity contribution in [2.45, 2.75) is 84.2 Å². The zero-order valence-electron chi connectivity index (χ0n) is 17.6.